The first-order valence-electron chi connectivity index (χ1n) is 5.94. The van der Waals surface area contributed by atoms with Crippen LogP contribution in [0.5, 0.6) is 11.5 Å². The summed E-state index contributed by atoms with van der Waals surface area (Å²) in [6.45, 7) is 2.62. The number of hydrogen-bond donors (Lipinski definition) is 1. The van der Waals surface area contributed by atoms with E-state index in [4.69, 9.17) is 9.84 Å². The summed E-state index contributed by atoms with van der Waals surface area (Å²) < 4.78 is 34.0. The van der Waals surface area contributed by atoms with Gasteiger partial charge < -0.3 is 9.84 Å². The molecule has 1 aromatic carbocycles. The van der Waals surface area contributed by atoms with Crippen LogP contribution in [0.2, 0.25) is 0 Å². The van der Waals surface area contributed by atoms with E-state index in [2.05, 4.69) is 5.10 Å². The Morgan fingerprint density at radius 2 is 2.05 bits per heavy atom. The first-order chi connectivity index (χ1) is 9.51. The molecule has 0 spiro atoms. The van der Waals surface area contributed by atoms with E-state index in [-0.39, 0.29) is 5.75 Å². The molecule has 5 nitrogen and oxygen atoms in total. The van der Waals surface area contributed by atoms with Gasteiger partial charge in [0.15, 0.2) is 23.1 Å². The maximum absolute atomic E-state index is 13.7. The molecule has 2 rings (SSSR count). The Morgan fingerprint density at radius 3 is 2.60 bits per heavy atom. The number of aromatic carboxylic acids is 1. The predicted octanol–water partition coefficient (Wildman–Crippen LogP) is 3.06. The van der Waals surface area contributed by atoms with Gasteiger partial charge in [0.05, 0.1) is 18.0 Å². The van der Waals surface area contributed by atoms with Crippen LogP contribution in [0, 0.1) is 11.6 Å². The number of carboxylic acid groups (broad SMARTS) is 1. The van der Waals surface area contributed by atoms with Gasteiger partial charge in [-0.25, -0.2) is 13.6 Å². The van der Waals surface area contributed by atoms with Crippen molar-refractivity contribution in [1.82, 2.24) is 9.78 Å². The predicted molar refractivity (Wildman–Crippen MR) is 65.9 cm³/mol. The van der Waals surface area contributed by atoms with Crippen molar-refractivity contribution in [3.63, 3.8) is 0 Å². The van der Waals surface area contributed by atoms with Crippen LogP contribution in [0.15, 0.2) is 24.5 Å². The zero-order valence-electron chi connectivity index (χ0n) is 10.6. The lowest BCUT2D eigenvalue weighted by atomic mass is 10.2. The molecule has 0 atom stereocenters. The summed E-state index contributed by atoms with van der Waals surface area (Å²) in [4.78, 5) is 10.7. The van der Waals surface area contributed by atoms with Crippen molar-refractivity contribution in [3.05, 3.63) is 41.7 Å². The van der Waals surface area contributed by atoms with E-state index >= 15 is 0 Å². The van der Waals surface area contributed by atoms with Gasteiger partial charge in [0, 0.05) is 6.54 Å². The Bertz CT molecular complexity index is 617. The maximum Gasteiger partial charge on any atom is 0.335 e. The van der Waals surface area contributed by atoms with E-state index in [1.807, 2.05) is 6.92 Å². The largest absolute Gasteiger partial charge is 0.478 e. The maximum atomic E-state index is 13.7. The van der Waals surface area contributed by atoms with Crippen molar-refractivity contribution in [3.8, 4) is 11.5 Å². The molecule has 0 radical (unpaired) electrons. The highest BCUT2D eigenvalue weighted by Crippen LogP contribution is 2.28. The van der Waals surface area contributed by atoms with E-state index in [1.165, 1.54) is 12.4 Å². The lowest BCUT2D eigenvalue weighted by Gasteiger charge is -2.06. The molecule has 1 N–H and O–H groups in total. The van der Waals surface area contributed by atoms with Gasteiger partial charge in [-0.05, 0) is 18.6 Å². The summed E-state index contributed by atoms with van der Waals surface area (Å²) in [5.41, 5.74) is -0.478. The fraction of sp³-hybridized carbons (Fsp3) is 0.231. The molecule has 20 heavy (non-hydrogen) atoms. The fourth-order valence-electron chi connectivity index (χ4n) is 1.65. The van der Waals surface area contributed by atoms with Crippen molar-refractivity contribution in [1.29, 1.82) is 0 Å². The second-order valence-corrected chi connectivity index (χ2v) is 4.12. The fourth-order valence-corrected chi connectivity index (χ4v) is 1.65. The van der Waals surface area contributed by atoms with Gasteiger partial charge in [0.25, 0.3) is 0 Å². The summed E-state index contributed by atoms with van der Waals surface area (Å²) >= 11 is 0. The van der Waals surface area contributed by atoms with Gasteiger partial charge in [-0.2, -0.15) is 5.10 Å². The topological polar surface area (TPSA) is 64.3 Å². The molecular weight excluding hydrogens is 270 g/mol. The molecule has 0 saturated heterocycles. The van der Waals surface area contributed by atoms with Gasteiger partial charge in [-0.3, -0.25) is 4.68 Å². The second kappa shape index (κ2) is 5.68. The lowest BCUT2D eigenvalue weighted by molar-refractivity contribution is 0.0695. The van der Waals surface area contributed by atoms with Crippen LogP contribution in [0.4, 0.5) is 8.78 Å². The molecule has 0 aliphatic heterocycles. The van der Waals surface area contributed by atoms with Crippen LogP contribution in [0.25, 0.3) is 0 Å². The average Bonchev–Trinajstić information content (AvgIpc) is 2.81. The molecular formula is C13H12F2N2O3. The highest BCUT2D eigenvalue weighted by atomic mass is 19.1. The molecule has 7 heteroatoms. The molecule has 106 valence electrons. The van der Waals surface area contributed by atoms with Crippen LogP contribution in [0.1, 0.15) is 23.7 Å². The van der Waals surface area contributed by atoms with Gasteiger partial charge in [-0.1, -0.05) is 6.92 Å². The number of carbonyl (C=O) groups is 1. The minimum absolute atomic E-state index is 0.180. The van der Waals surface area contributed by atoms with E-state index in [9.17, 15) is 13.6 Å². The zero-order valence-corrected chi connectivity index (χ0v) is 10.6. The Hall–Kier alpha value is -2.44. The van der Waals surface area contributed by atoms with E-state index in [0.717, 1.165) is 6.42 Å². The number of halogens is 2. The number of aromatic nitrogens is 2. The van der Waals surface area contributed by atoms with Gasteiger partial charge >= 0.3 is 5.97 Å². The number of nitrogens with zero attached hydrogens (tertiary/aromatic N) is 2. The van der Waals surface area contributed by atoms with Crippen molar-refractivity contribution < 1.29 is 23.4 Å². The monoisotopic (exact) mass is 282 g/mol. The van der Waals surface area contributed by atoms with Crippen molar-refractivity contribution >= 4 is 5.97 Å². The summed E-state index contributed by atoms with van der Waals surface area (Å²) in [5.74, 6) is -4.04. The molecule has 0 unspecified atom stereocenters. The van der Waals surface area contributed by atoms with E-state index in [0.29, 0.717) is 18.7 Å². The third kappa shape index (κ3) is 2.93. The molecule has 1 heterocycles. The summed E-state index contributed by atoms with van der Waals surface area (Å²) in [6.07, 6.45) is 3.70. The minimum Gasteiger partial charge on any atom is -0.478 e. The minimum atomic E-state index is -1.41. The normalized spacial score (nSPS) is 10.6. The molecule has 0 fully saturated rings. The molecule has 0 aliphatic carbocycles. The molecule has 2 aromatic rings. The zero-order chi connectivity index (χ0) is 14.7. The van der Waals surface area contributed by atoms with Crippen molar-refractivity contribution in [2.45, 2.75) is 19.9 Å². The quantitative estimate of drug-likeness (QED) is 0.915. The third-order valence-electron chi connectivity index (χ3n) is 2.53. The molecule has 0 bridgehead atoms. The number of rotatable bonds is 5. The van der Waals surface area contributed by atoms with Gasteiger partial charge in [0.2, 0.25) is 0 Å². The standard InChI is InChI=1S/C13H12F2N2O3/c1-2-3-17-7-9(6-16-17)20-12-10(14)4-8(13(18)19)5-11(12)15/h4-7H,2-3H2,1H3,(H,18,19). The highest BCUT2D eigenvalue weighted by molar-refractivity contribution is 5.87. The molecule has 0 aliphatic rings. The van der Waals surface area contributed by atoms with Crippen LogP contribution < -0.4 is 4.74 Å². The smallest absolute Gasteiger partial charge is 0.335 e. The molecule has 0 amide bonds. The summed E-state index contributed by atoms with van der Waals surface area (Å²) in [5, 5.41) is 12.6. The summed E-state index contributed by atoms with van der Waals surface area (Å²) in [6, 6.07) is 1.41. The van der Waals surface area contributed by atoms with Gasteiger partial charge in [0.1, 0.15) is 0 Å². The molecule has 0 saturated carbocycles. The number of hydrogen-bond acceptors (Lipinski definition) is 3. The second-order valence-electron chi connectivity index (χ2n) is 4.12. The Kier molecular flexibility index (Phi) is 3.97. The Labute approximate surface area is 113 Å². The number of aryl methyl sites for hydroxylation is 1. The molecule has 1 aromatic heterocycles. The SMILES string of the molecule is CCCn1cc(Oc2c(F)cc(C(=O)O)cc2F)cn1. The average molecular weight is 282 g/mol. The van der Waals surface area contributed by atoms with Gasteiger partial charge in [-0.15, -0.1) is 0 Å². The van der Waals surface area contributed by atoms with Crippen LogP contribution in [-0.4, -0.2) is 20.9 Å². The number of benzene rings is 1. The number of ether oxygens (including phenoxy) is 1. The van der Waals surface area contributed by atoms with Crippen molar-refractivity contribution in [2.75, 3.05) is 0 Å². The summed E-state index contributed by atoms with van der Waals surface area (Å²) in [7, 11) is 0. The van der Waals surface area contributed by atoms with E-state index < -0.39 is 28.9 Å². The Morgan fingerprint density at radius 1 is 1.40 bits per heavy atom. The third-order valence-corrected chi connectivity index (χ3v) is 2.53. The van der Waals surface area contributed by atoms with Crippen LogP contribution in [0.3, 0.4) is 0 Å². The van der Waals surface area contributed by atoms with Crippen LogP contribution >= 0.6 is 0 Å². The number of carboxylic acids is 1. The van der Waals surface area contributed by atoms with E-state index in [1.54, 1.807) is 4.68 Å². The first kappa shape index (κ1) is 14.0. The highest BCUT2D eigenvalue weighted by Gasteiger charge is 2.17. The van der Waals surface area contributed by atoms with Crippen LogP contribution in [-0.2, 0) is 6.54 Å². The van der Waals surface area contributed by atoms with Crippen molar-refractivity contribution in [2.24, 2.45) is 0 Å². The lowest BCUT2D eigenvalue weighted by Crippen LogP contribution is -2.01. The Balaban J connectivity index is 2.26. The first-order valence-corrected chi connectivity index (χ1v) is 5.94.